The highest BCUT2D eigenvalue weighted by Crippen LogP contribution is 2.31. The van der Waals surface area contributed by atoms with E-state index in [2.05, 4.69) is 10.5 Å². The Bertz CT molecular complexity index is 1270. The molecule has 0 saturated carbocycles. The Balaban J connectivity index is 1.76. The van der Waals surface area contributed by atoms with Crippen molar-refractivity contribution in [3.05, 3.63) is 81.6 Å². The third-order valence-corrected chi connectivity index (χ3v) is 6.72. The van der Waals surface area contributed by atoms with Crippen molar-refractivity contribution in [2.24, 2.45) is 5.10 Å². The molecular formula is C22H22Cl2N4O3S. The number of hydrogen-bond donors (Lipinski definition) is 1. The van der Waals surface area contributed by atoms with E-state index in [1.165, 1.54) is 6.21 Å². The molecule has 3 aromatic rings. The number of hydrazone groups is 1. The van der Waals surface area contributed by atoms with Gasteiger partial charge in [-0.2, -0.15) is 5.10 Å². The second kappa shape index (κ2) is 9.77. The summed E-state index contributed by atoms with van der Waals surface area (Å²) in [5.74, 6) is -0.567. The van der Waals surface area contributed by atoms with Crippen LogP contribution >= 0.6 is 23.2 Å². The number of amides is 1. The minimum Gasteiger partial charge on any atom is -0.316 e. The summed E-state index contributed by atoms with van der Waals surface area (Å²) in [6, 6.07) is 15.7. The number of carbonyl (C=O) groups excluding carboxylic acids is 1. The number of carbonyl (C=O) groups is 1. The van der Waals surface area contributed by atoms with Crippen molar-refractivity contribution >= 4 is 51.0 Å². The number of hydrogen-bond acceptors (Lipinski definition) is 4. The van der Waals surface area contributed by atoms with E-state index in [0.29, 0.717) is 15.7 Å². The first-order valence-electron chi connectivity index (χ1n) is 9.57. The maximum absolute atomic E-state index is 12.4. The minimum atomic E-state index is -3.64. The molecule has 2 aromatic carbocycles. The Morgan fingerprint density at radius 3 is 2.47 bits per heavy atom. The van der Waals surface area contributed by atoms with Gasteiger partial charge in [0.05, 0.1) is 33.9 Å². The predicted molar refractivity (Wildman–Crippen MR) is 130 cm³/mol. The summed E-state index contributed by atoms with van der Waals surface area (Å²) in [6.07, 6.45) is 2.55. The zero-order valence-corrected chi connectivity index (χ0v) is 20.0. The van der Waals surface area contributed by atoms with Gasteiger partial charge in [0.2, 0.25) is 10.0 Å². The molecule has 0 aliphatic rings. The molecule has 0 aliphatic carbocycles. The van der Waals surface area contributed by atoms with Gasteiger partial charge in [-0.05, 0) is 44.2 Å². The van der Waals surface area contributed by atoms with E-state index in [0.717, 1.165) is 33.2 Å². The van der Waals surface area contributed by atoms with E-state index in [1.807, 2.05) is 36.6 Å². The van der Waals surface area contributed by atoms with E-state index in [9.17, 15) is 13.2 Å². The van der Waals surface area contributed by atoms with E-state index in [1.54, 1.807) is 36.4 Å². The molecule has 7 nitrogen and oxygen atoms in total. The minimum absolute atomic E-state index is 0.392. The van der Waals surface area contributed by atoms with Gasteiger partial charge in [-0.15, -0.1) is 0 Å². The largest absolute Gasteiger partial charge is 0.316 e. The quantitative estimate of drug-likeness (QED) is 0.393. The number of aromatic nitrogens is 1. The van der Waals surface area contributed by atoms with Crippen LogP contribution in [-0.4, -0.2) is 37.9 Å². The molecule has 1 amide bonds. The first-order chi connectivity index (χ1) is 15.1. The van der Waals surface area contributed by atoms with Gasteiger partial charge in [0.15, 0.2) is 0 Å². The van der Waals surface area contributed by atoms with Gasteiger partial charge < -0.3 is 4.57 Å². The molecular weight excluding hydrogens is 471 g/mol. The average Bonchev–Trinajstić information content (AvgIpc) is 3.01. The fourth-order valence-electron chi connectivity index (χ4n) is 3.29. The van der Waals surface area contributed by atoms with Crippen molar-refractivity contribution in [3.63, 3.8) is 0 Å². The molecule has 10 heteroatoms. The highest BCUT2D eigenvalue weighted by atomic mass is 35.5. The van der Waals surface area contributed by atoms with E-state index >= 15 is 0 Å². The zero-order chi connectivity index (χ0) is 23.5. The maximum Gasteiger partial charge on any atom is 0.260 e. The molecule has 0 radical (unpaired) electrons. The highest BCUT2D eigenvalue weighted by molar-refractivity contribution is 7.92. The number of aryl methyl sites for hydroxylation is 1. The number of nitrogens with one attached hydrogen (secondary N) is 1. The topological polar surface area (TPSA) is 83.8 Å². The van der Waals surface area contributed by atoms with Crippen molar-refractivity contribution in [2.45, 2.75) is 13.8 Å². The first kappa shape index (κ1) is 23.8. The van der Waals surface area contributed by atoms with Crippen LogP contribution in [0.5, 0.6) is 0 Å². The van der Waals surface area contributed by atoms with Crippen LogP contribution in [0.15, 0.2) is 59.7 Å². The lowest BCUT2D eigenvalue weighted by Crippen LogP contribution is -2.38. The Labute approximate surface area is 197 Å². The fraction of sp³-hybridized carbons (Fsp3) is 0.182. The van der Waals surface area contributed by atoms with Gasteiger partial charge in [-0.1, -0.05) is 47.5 Å². The van der Waals surface area contributed by atoms with Crippen molar-refractivity contribution in [2.75, 3.05) is 17.1 Å². The molecule has 32 heavy (non-hydrogen) atoms. The number of para-hydroxylation sites is 1. The lowest BCUT2D eigenvalue weighted by Gasteiger charge is -2.21. The fourth-order valence-corrected chi connectivity index (χ4v) is 4.52. The summed E-state index contributed by atoms with van der Waals surface area (Å²) in [5, 5.41) is 4.89. The average molecular weight is 493 g/mol. The van der Waals surface area contributed by atoms with Crippen LogP contribution in [0, 0.1) is 13.8 Å². The Hall–Kier alpha value is -2.81. The van der Waals surface area contributed by atoms with E-state index in [4.69, 9.17) is 23.2 Å². The van der Waals surface area contributed by atoms with Crippen LogP contribution < -0.4 is 9.73 Å². The molecule has 0 fully saturated rings. The van der Waals surface area contributed by atoms with Crippen molar-refractivity contribution in [1.82, 2.24) is 9.99 Å². The molecule has 0 aliphatic heterocycles. The third-order valence-electron chi connectivity index (χ3n) is 4.77. The summed E-state index contributed by atoms with van der Waals surface area (Å²) in [7, 11) is -3.64. The summed E-state index contributed by atoms with van der Waals surface area (Å²) in [5.41, 5.74) is 6.06. The molecule has 0 spiro atoms. The number of anilines is 1. The van der Waals surface area contributed by atoms with Gasteiger partial charge in [-0.3, -0.25) is 9.10 Å². The highest BCUT2D eigenvalue weighted by Gasteiger charge is 2.20. The molecule has 0 saturated heterocycles. The van der Waals surface area contributed by atoms with Gasteiger partial charge in [0.1, 0.15) is 6.54 Å². The molecule has 168 valence electrons. The van der Waals surface area contributed by atoms with Crippen LogP contribution in [-0.2, 0) is 14.8 Å². The summed E-state index contributed by atoms with van der Waals surface area (Å²) >= 11 is 12.5. The summed E-state index contributed by atoms with van der Waals surface area (Å²) < 4.78 is 27.2. The molecule has 0 atom stereocenters. The van der Waals surface area contributed by atoms with Crippen LogP contribution in [0.4, 0.5) is 5.69 Å². The lowest BCUT2D eigenvalue weighted by atomic mass is 10.2. The van der Waals surface area contributed by atoms with Crippen LogP contribution in [0.1, 0.15) is 17.0 Å². The number of halogens is 2. The Kier molecular flexibility index (Phi) is 7.28. The number of rotatable bonds is 7. The normalized spacial score (nSPS) is 11.7. The van der Waals surface area contributed by atoms with Crippen molar-refractivity contribution in [3.8, 4) is 5.69 Å². The maximum atomic E-state index is 12.4. The van der Waals surface area contributed by atoms with Crippen LogP contribution in [0.25, 0.3) is 5.69 Å². The lowest BCUT2D eigenvalue weighted by molar-refractivity contribution is -0.119. The second-order valence-corrected chi connectivity index (χ2v) is 9.83. The van der Waals surface area contributed by atoms with Crippen LogP contribution in [0.3, 0.4) is 0 Å². The molecule has 1 heterocycles. The summed E-state index contributed by atoms with van der Waals surface area (Å²) in [6.45, 7) is 3.43. The molecule has 0 bridgehead atoms. The van der Waals surface area contributed by atoms with Gasteiger partial charge >= 0.3 is 0 Å². The number of sulfonamides is 1. The van der Waals surface area contributed by atoms with Gasteiger partial charge in [0.25, 0.3) is 5.91 Å². The molecule has 1 N–H and O–H groups in total. The zero-order valence-electron chi connectivity index (χ0n) is 17.7. The SMILES string of the molecule is Cc1cc(/C=N/NC(=O)CN(c2ccccc2)S(C)(=O)=O)c(C)n1-c1cccc(Cl)c1Cl. The van der Waals surface area contributed by atoms with E-state index in [-0.39, 0.29) is 0 Å². The predicted octanol–water partition coefficient (Wildman–Crippen LogP) is 4.32. The summed E-state index contributed by atoms with van der Waals surface area (Å²) in [4.78, 5) is 12.4. The van der Waals surface area contributed by atoms with Gasteiger partial charge in [0, 0.05) is 17.0 Å². The molecule has 3 rings (SSSR count). The molecule has 1 aromatic heterocycles. The Morgan fingerprint density at radius 1 is 1.12 bits per heavy atom. The van der Waals surface area contributed by atoms with Crippen molar-refractivity contribution < 1.29 is 13.2 Å². The molecule has 0 unspecified atom stereocenters. The Morgan fingerprint density at radius 2 is 1.81 bits per heavy atom. The van der Waals surface area contributed by atoms with Crippen molar-refractivity contribution in [1.29, 1.82) is 0 Å². The van der Waals surface area contributed by atoms with Gasteiger partial charge in [-0.25, -0.2) is 13.8 Å². The second-order valence-electron chi connectivity index (χ2n) is 7.13. The first-order valence-corrected chi connectivity index (χ1v) is 12.2. The number of nitrogens with zero attached hydrogens (tertiary/aromatic N) is 3. The van der Waals surface area contributed by atoms with E-state index < -0.39 is 22.5 Å². The number of benzene rings is 2. The smallest absolute Gasteiger partial charge is 0.260 e. The third kappa shape index (κ3) is 5.32. The monoisotopic (exact) mass is 492 g/mol. The standard InChI is InChI=1S/C22H22Cl2N4O3S/c1-15-12-17(16(2)28(15)20-11-7-10-19(23)22(20)24)13-25-26-21(29)14-27(32(3,30)31)18-8-5-4-6-9-18/h4-13H,14H2,1-3H3,(H,26,29)/b25-13+. The van der Waals surface area contributed by atoms with Crippen LogP contribution in [0.2, 0.25) is 10.0 Å².